The molecule has 1 aliphatic rings. The molecule has 1 aromatic heterocycles. The predicted octanol–water partition coefficient (Wildman–Crippen LogP) is 2.69. The summed E-state index contributed by atoms with van der Waals surface area (Å²) in [5.41, 5.74) is 1.46. The Kier molecular flexibility index (Phi) is 3.75. The molecule has 1 aromatic rings. The van der Waals surface area contributed by atoms with Gasteiger partial charge in [-0.2, -0.15) is 0 Å². The van der Waals surface area contributed by atoms with Crippen LogP contribution in [0.3, 0.4) is 0 Å². The molecule has 17 heavy (non-hydrogen) atoms. The van der Waals surface area contributed by atoms with E-state index in [2.05, 4.69) is 16.4 Å². The highest BCUT2D eigenvalue weighted by atomic mass is 16.4. The van der Waals surface area contributed by atoms with Crippen LogP contribution in [0.5, 0.6) is 0 Å². The number of aromatic nitrogens is 1. The average Bonchev–Trinajstić information content (AvgIpc) is 2.38. The van der Waals surface area contributed by atoms with E-state index in [4.69, 9.17) is 5.11 Å². The van der Waals surface area contributed by atoms with Crippen molar-refractivity contribution in [1.82, 2.24) is 4.98 Å². The van der Waals surface area contributed by atoms with Crippen LogP contribution in [0.4, 0.5) is 5.82 Å². The molecule has 0 bridgehead atoms. The van der Waals surface area contributed by atoms with Crippen LogP contribution < -0.4 is 5.32 Å². The van der Waals surface area contributed by atoms with Gasteiger partial charge >= 0.3 is 5.97 Å². The molecule has 1 aliphatic carbocycles. The van der Waals surface area contributed by atoms with Crippen LogP contribution in [0.2, 0.25) is 0 Å². The molecule has 2 rings (SSSR count). The SMILES string of the molecule is O=C(O)c1cccc(NCC2=CCCCC2)n1. The van der Waals surface area contributed by atoms with Gasteiger partial charge in [0.25, 0.3) is 0 Å². The summed E-state index contributed by atoms with van der Waals surface area (Å²) in [6, 6.07) is 4.98. The maximum absolute atomic E-state index is 10.8. The molecule has 0 radical (unpaired) electrons. The summed E-state index contributed by atoms with van der Waals surface area (Å²) in [6.45, 7) is 0.760. The number of allylic oxidation sites excluding steroid dienone is 1. The van der Waals surface area contributed by atoms with Gasteiger partial charge in [0.2, 0.25) is 0 Å². The molecule has 90 valence electrons. The second-order valence-corrected chi connectivity index (χ2v) is 4.17. The van der Waals surface area contributed by atoms with E-state index in [1.807, 2.05) is 0 Å². The molecule has 0 saturated heterocycles. The Morgan fingerprint density at radius 3 is 3.00 bits per heavy atom. The lowest BCUT2D eigenvalue weighted by Crippen LogP contribution is -2.10. The minimum Gasteiger partial charge on any atom is -0.477 e. The van der Waals surface area contributed by atoms with Gasteiger partial charge in [-0.25, -0.2) is 9.78 Å². The van der Waals surface area contributed by atoms with Gasteiger partial charge in [-0.05, 0) is 37.8 Å². The zero-order valence-electron chi connectivity index (χ0n) is 9.65. The Hall–Kier alpha value is -1.84. The lowest BCUT2D eigenvalue weighted by Gasteiger charge is -2.13. The monoisotopic (exact) mass is 232 g/mol. The highest BCUT2D eigenvalue weighted by Gasteiger charge is 2.06. The molecule has 0 atom stereocenters. The lowest BCUT2D eigenvalue weighted by atomic mass is 10.00. The van der Waals surface area contributed by atoms with Gasteiger partial charge in [0, 0.05) is 6.54 Å². The summed E-state index contributed by atoms with van der Waals surface area (Å²) < 4.78 is 0. The molecule has 0 amide bonds. The zero-order valence-corrected chi connectivity index (χ0v) is 9.65. The Labute approximate surface area is 100 Å². The van der Waals surface area contributed by atoms with Crippen LogP contribution in [0.25, 0.3) is 0 Å². The van der Waals surface area contributed by atoms with Crippen LogP contribution >= 0.6 is 0 Å². The maximum Gasteiger partial charge on any atom is 0.354 e. The van der Waals surface area contributed by atoms with Crippen LogP contribution in [-0.2, 0) is 0 Å². The first-order valence-corrected chi connectivity index (χ1v) is 5.88. The number of rotatable bonds is 4. The largest absolute Gasteiger partial charge is 0.477 e. The molecule has 0 aliphatic heterocycles. The summed E-state index contributed by atoms with van der Waals surface area (Å²) in [4.78, 5) is 14.8. The van der Waals surface area contributed by atoms with Gasteiger partial charge in [-0.3, -0.25) is 0 Å². The Balaban J connectivity index is 1.96. The smallest absolute Gasteiger partial charge is 0.354 e. The van der Waals surface area contributed by atoms with Gasteiger partial charge in [-0.1, -0.05) is 17.7 Å². The number of nitrogens with zero attached hydrogens (tertiary/aromatic N) is 1. The van der Waals surface area contributed by atoms with Gasteiger partial charge in [0.1, 0.15) is 5.82 Å². The van der Waals surface area contributed by atoms with Crippen LogP contribution in [0.15, 0.2) is 29.8 Å². The minimum atomic E-state index is -0.995. The summed E-state index contributed by atoms with van der Waals surface area (Å²) in [5.74, 6) is -0.373. The number of hydrogen-bond acceptors (Lipinski definition) is 3. The number of aromatic carboxylic acids is 1. The number of nitrogens with one attached hydrogen (secondary N) is 1. The normalized spacial score (nSPS) is 15.2. The van der Waals surface area contributed by atoms with Gasteiger partial charge < -0.3 is 10.4 Å². The molecular formula is C13H16N2O2. The third-order valence-corrected chi connectivity index (χ3v) is 2.85. The number of carbonyl (C=O) groups is 1. The number of carboxylic acids is 1. The zero-order chi connectivity index (χ0) is 12.1. The van der Waals surface area contributed by atoms with Crippen molar-refractivity contribution in [2.24, 2.45) is 0 Å². The first kappa shape index (κ1) is 11.6. The second-order valence-electron chi connectivity index (χ2n) is 4.17. The highest BCUT2D eigenvalue weighted by Crippen LogP contribution is 2.17. The van der Waals surface area contributed by atoms with Crippen LogP contribution in [0, 0.1) is 0 Å². The van der Waals surface area contributed by atoms with Crippen LogP contribution in [-0.4, -0.2) is 22.6 Å². The van der Waals surface area contributed by atoms with Crippen molar-refractivity contribution < 1.29 is 9.90 Å². The summed E-state index contributed by atoms with van der Waals surface area (Å²) >= 11 is 0. The fraction of sp³-hybridized carbons (Fsp3) is 0.385. The first-order chi connectivity index (χ1) is 8.25. The topological polar surface area (TPSA) is 62.2 Å². The second kappa shape index (κ2) is 5.48. The molecule has 4 heteroatoms. The molecule has 0 spiro atoms. The average molecular weight is 232 g/mol. The van der Waals surface area contributed by atoms with E-state index in [9.17, 15) is 4.79 Å². The van der Waals surface area contributed by atoms with E-state index >= 15 is 0 Å². The van der Waals surface area contributed by atoms with E-state index in [0.717, 1.165) is 19.4 Å². The third kappa shape index (κ3) is 3.31. The molecule has 0 fully saturated rings. The molecule has 0 aromatic carbocycles. The van der Waals surface area contributed by atoms with E-state index in [-0.39, 0.29) is 5.69 Å². The number of anilines is 1. The van der Waals surface area contributed by atoms with Gasteiger partial charge in [0.15, 0.2) is 5.69 Å². The van der Waals surface area contributed by atoms with Crippen molar-refractivity contribution >= 4 is 11.8 Å². The Bertz CT molecular complexity index is 441. The molecule has 0 saturated carbocycles. The van der Waals surface area contributed by atoms with Gasteiger partial charge in [0.05, 0.1) is 0 Å². The van der Waals surface area contributed by atoms with Crippen LogP contribution in [0.1, 0.15) is 36.2 Å². The quantitative estimate of drug-likeness (QED) is 0.783. The van der Waals surface area contributed by atoms with Gasteiger partial charge in [-0.15, -0.1) is 0 Å². The Morgan fingerprint density at radius 2 is 2.29 bits per heavy atom. The predicted molar refractivity (Wildman–Crippen MR) is 66.2 cm³/mol. The van der Waals surface area contributed by atoms with Crippen molar-refractivity contribution in [2.75, 3.05) is 11.9 Å². The fourth-order valence-electron chi connectivity index (χ4n) is 1.92. The molecule has 2 N–H and O–H groups in total. The summed E-state index contributed by atoms with van der Waals surface area (Å²) in [7, 11) is 0. The highest BCUT2D eigenvalue weighted by molar-refractivity contribution is 5.85. The van der Waals surface area contributed by atoms with Crippen molar-refractivity contribution in [3.8, 4) is 0 Å². The molecule has 4 nitrogen and oxygen atoms in total. The molecular weight excluding hydrogens is 216 g/mol. The van der Waals surface area contributed by atoms with E-state index in [1.165, 1.54) is 24.5 Å². The van der Waals surface area contributed by atoms with Crippen molar-refractivity contribution in [3.05, 3.63) is 35.5 Å². The number of pyridine rings is 1. The Morgan fingerprint density at radius 1 is 1.41 bits per heavy atom. The van der Waals surface area contributed by atoms with Crippen molar-refractivity contribution in [1.29, 1.82) is 0 Å². The maximum atomic E-state index is 10.8. The van der Waals surface area contributed by atoms with Crippen molar-refractivity contribution in [3.63, 3.8) is 0 Å². The standard InChI is InChI=1S/C13H16N2O2/c16-13(17)11-7-4-8-12(15-11)14-9-10-5-2-1-3-6-10/h4-5,7-8H,1-3,6,9H2,(H,14,15)(H,16,17). The minimum absolute atomic E-state index is 0.0765. The number of carboxylic acid groups (broad SMARTS) is 1. The summed E-state index contributed by atoms with van der Waals surface area (Å²) in [5, 5.41) is 12.0. The van der Waals surface area contributed by atoms with E-state index in [0.29, 0.717) is 5.82 Å². The van der Waals surface area contributed by atoms with Crippen molar-refractivity contribution in [2.45, 2.75) is 25.7 Å². The molecule has 0 unspecified atom stereocenters. The third-order valence-electron chi connectivity index (χ3n) is 2.85. The molecule has 1 heterocycles. The van der Waals surface area contributed by atoms with E-state index < -0.39 is 5.97 Å². The fourth-order valence-corrected chi connectivity index (χ4v) is 1.92. The number of hydrogen-bond donors (Lipinski definition) is 2. The lowest BCUT2D eigenvalue weighted by molar-refractivity contribution is 0.0690. The first-order valence-electron chi connectivity index (χ1n) is 5.88. The van der Waals surface area contributed by atoms with E-state index in [1.54, 1.807) is 12.1 Å². The summed E-state index contributed by atoms with van der Waals surface area (Å²) in [6.07, 6.45) is 7.06.